The van der Waals surface area contributed by atoms with Gasteiger partial charge in [0.15, 0.2) is 0 Å². The van der Waals surface area contributed by atoms with Crippen molar-refractivity contribution in [3.63, 3.8) is 0 Å². The first-order valence-corrected chi connectivity index (χ1v) is 16.7. The fourth-order valence-electron chi connectivity index (χ4n) is 8.01. The van der Waals surface area contributed by atoms with Gasteiger partial charge in [-0.1, -0.05) is 69.7 Å². The Kier molecular flexibility index (Phi) is 6.28. The molecule has 1 saturated heterocycles. The highest BCUT2D eigenvalue weighted by molar-refractivity contribution is 9.10. The van der Waals surface area contributed by atoms with Crippen LogP contribution in [0.3, 0.4) is 0 Å². The lowest BCUT2D eigenvalue weighted by Crippen LogP contribution is -2.42. The van der Waals surface area contributed by atoms with E-state index in [1.807, 2.05) is 54.6 Å². The van der Waals surface area contributed by atoms with E-state index >= 15 is 0 Å². The van der Waals surface area contributed by atoms with Gasteiger partial charge in [0, 0.05) is 26.1 Å². The fraction of sp³-hybridized carbons (Fsp3) is 0.303. The maximum Gasteiger partial charge on any atom is 0.305 e. The second-order valence-corrected chi connectivity index (χ2v) is 14.8. The van der Waals surface area contributed by atoms with Gasteiger partial charge in [0.1, 0.15) is 12.4 Å². The average molecular weight is 660 g/mol. The third-order valence-corrected chi connectivity index (χ3v) is 12.8. The van der Waals surface area contributed by atoms with E-state index in [-0.39, 0.29) is 57.4 Å². The molecule has 4 aromatic rings. The number of nitrogens with one attached hydrogen (secondary N) is 1. The van der Waals surface area contributed by atoms with Crippen LogP contribution in [0, 0.1) is 36.5 Å². The molecule has 6 nitrogen and oxygen atoms in total. The maximum atomic E-state index is 14.0. The van der Waals surface area contributed by atoms with Crippen LogP contribution in [0.4, 0.5) is 5.69 Å². The van der Waals surface area contributed by atoms with Gasteiger partial charge < -0.3 is 9.72 Å². The molecule has 3 aromatic carbocycles. The number of rotatable bonds is 5. The summed E-state index contributed by atoms with van der Waals surface area (Å²) >= 11 is 6.43. The summed E-state index contributed by atoms with van der Waals surface area (Å²) in [7, 11) is 0. The van der Waals surface area contributed by atoms with Crippen LogP contribution in [-0.4, -0.2) is 22.0 Å². The zero-order chi connectivity index (χ0) is 28.7. The number of thioether (sulfide) groups is 1. The van der Waals surface area contributed by atoms with Crippen molar-refractivity contribution in [3.05, 3.63) is 109 Å². The summed E-state index contributed by atoms with van der Waals surface area (Å²) in [5.41, 5.74) is 3.98. The van der Waals surface area contributed by atoms with Crippen LogP contribution < -0.4 is 14.5 Å². The lowest BCUT2D eigenvalue weighted by molar-refractivity contribution is -0.123. The molecule has 1 N–H and O–H groups in total. The van der Waals surface area contributed by atoms with Crippen molar-refractivity contribution in [1.82, 2.24) is 4.98 Å². The van der Waals surface area contributed by atoms with Gasteiger partial charge in [-0.25, -0.2) is 0 Å². The summed E-state index contributed by atoms with van der Waals surface area (Å²) in [6.07, 6.45) is 0.852. The molecule has 3 fully saturated rings. The van der Waals surface area contributed by atoms with E-state index in [0.717, 1.165) is 37.7 Å². The molecule has 8 rings (SSSR count). The van der Waals surface area contributed by atoms with Crippen LogP contribution in [-0.2, 0) is 16.2 Å². The highest BCUT2D eigenvalue weighted by atomic mass is 79.9. The predicted octanol–water partition coefficient (Wildman–Crippen LogP) is 6.76. The molecule has 42 heavy (non-hydrogen) atoms. The van der Waals surface area contributed by atoms with Gasteiger partial charge in [0.25, 0.3) is 0 Å². The quantitative estimate of drug-likeness (QED) is 0.240. The Morgan fingerprint density at radius 1 is 0.929 bits per heavy atom. The molecule has 1 aromatic heterocycles. The van der Waals surface area contributed by atoms with E-state index in [2.05, 4.69) is 46.0 Å². The van der Waals surface area contributed by atoms with Crippen molar-refractivity contribution in [3.8, 4) is 5.75 Å². The molecule has 2 bridgehead atoms. The third-order valence-electron chi connectivity index (χ3n) is 9.71. The summed E-state index contributed by atoms with van der Waals surface area (Å²) in [5, 5.41) is 1.03. The fourth-order valence-corrected chi connectivity index (χ4v) is 11.2. The number of halogens is 1. The zero-order valence-corrected chi connectivity index (χ0v) is 25.9. The summed E-state index contributed by atoms with van der Waals surface area (Å²) in [4.78, 5) is 46.0. The van der Waals surface area contributed by atoms with Gasteiger partial charge in [-0.3, -0.25) is 19.3 Å². The lowest BCUT2D eigenvalue weighted by atomic mass is 9.68. The topological polar surface area (TPSA) is 79.5 Å². The van der Waals surface area contributed by atoms with Gasteiger partial charge in [-0.05, 0) is 72.6 Å². The van der Waals surface area contributed by atoms with E-state index in [1.165, 1.54) is 21.8 Å². The van der Waals surface area contributed by atoms with Gasteiger partial charge in [0.2, 0.25) is 11.8 Å². The molecule has 2 saturated carbocycles. The number of thiazole rings is 1. The van der Waals surface area contributed by atoms with E-state index in [9.17, 15) is 14.4 Å². The highest BCUT2D eigenvalue weighted by Gasteiger charge is 2.69. The largest absolute Gasteiger partial charge is 0.489 e. The Morgan fingerprint density at radius 3 is 2.43 bits per heavy atom. The number of imide groups is 1. The number of aryl methyl sites for hydroxylation is 1. The average Bonchev–Trinajstić information content (AvgIpc) is 3.72. The summed E-state index contributed by atoms with van der Waals surface area (Å²) in [6.45, 7) is 2.53. The van der Waals surface area contributed by atoms with Crippen LogP contribution in [0.25, 0.3) is 0 Å². The van der Waals surface area contributed by atoms with Crippen molar-refractivity contribution in [2.75, 3.05) is 4.90 Å². The van der Waals surface area contributed by atoms with Crippen molar-refractivity contribution < 1.29 is 14.3 Å². The number of benzene rings is 3. The molecular formula is C33H27BrN2O4S2. The highest BCUT2D eigenvalue weighted by Crippen LogP contribution is 2.69. The minimum atomic E-state index is -0.340. The van der Waals surface area contributed by atoms with Crippen molar-refractivity contribution in [2.24, 2.45) is 29.6 Å². The Labute approximate surface area is 259 Å². The van der Waals surface area contributed by atoms with Gasteiger partial charge in [-0.15, -0.1) is 11.8 Å². The zero-order valence-electron chi connectivity index (χ0n) is 22.7. The first-order chi connectivity index (χ1) is 20.4. The number of hydrogen-bond donors (Lipinski definition) is 1. The maximum absolute atomic E-state index is 14.0. The first kappa shape index (κ1) is 26.5. The van der Waals surface area contributed by atoms with Crippen LogP contribution in [0.1, 0.15) is 33.9 Å². The Hall–Kier alpha value is -3.14. The number of H-pyrrole nitrogens is 1. The van der Waals surface area contributed by atoms with Gasteiger partial charge in [0.05, 0.1) is 22.5 Å². The second kappa shape index (κ2) is 9.96. The number of ether oxygens (including phenoxy) is 1. The molecule has 212 valence electrons. The van der Waals surface area contributed by atoms with E-state index in [1.54, 1.807) is 11.8 Å². The summed E-state index contributed by atoms with van der Waals surface area (Å²) in [6, 6.07) is 23.7. The number of nitrogens with zero attached hydrogens (tertiary/aromatic N) is 1. The third kappa shape index (κ3) is 3.93. The number of carbonyl (C=O) groups excluding carboxylic acids is 2. The standard InChI is InChI=1S/C33H27BrN2O4S2/c1-16-6-2-3-7-17(16)15-40-23-9-5-4-8-20(23)24-25-21-14-22(28(25)41-30-29(24)42-33(39)35-30)27-26(21)31(37)36(32(27)38)19-12-10-18(34)11-13-19/h2-13,21-22,24-28H,14-15H2,1H3,(H,35,39)/t21-,22-,24?,25?,26?,27?,28?/m1/s1. The molecule has 3 heterocycles. The molecule has 2 aliphatic carbocycles. The number of para-hydroxylation sites is 1. The minimum Gasteiger partial charge on any atom is -0.489 e. The Balaban J connectivity index is 1.19. The number of aromatic nitrogens is 1. The van der Waals surface area contributed by atoms with E-state index in [4.69, 9.17) is 4.74 Å². The number of fused-ring (bicyclic) bond motifs is 9. The number of amides is 2. The number of aromatic amines is 1. The van der Waals surface area contributed by atoms with Crippen molar-refractivity contribution >= 4 is 56.5 Å². The first-order valence-electron chi connectivity index (χ1n) is 14.2. The molecular weight excluding hydrogens is 632 g/mol. The Bertz CT molecular complexity index is 1800. The van der Waals surface area contributed by atoms with Gasteiger partial charge in [-0.2, -0.15) is 0 Å². The minimum absolute atomic E-state index is 0.0502. The smallest absolute Gasteiger partial charge is 0.305 e. The number of anilines is 1. The Morgan fingerprint density at radius 2 is 1.64 bits per heavy atom. The molecule has 7 atom stereocenters. The second-order valence-electron chi connectivity index (χ2n) is 11.7. The van der Waals surface area contributed by atoms with Crippen LogP contribution in [0.15, 0.2) is 87.1 Å². The van der Waals surface area contributed by atoms with E-state index in [0.29, 0.717) is 12.3 Å². The summed E-state index contributed by atoms with van der Waals surface area (Å²) in [5.74, 6) is 0.121. The number of carbonyl (C=O) groups is 2. The molecule has 2 amide bonds. The van der Waals surface area contributed by atoms with Crippen LogP contribution in [0.5, 0.6) is 5.75 Å². The predicted molar refractivity (Wildman–Crippen MR) is 167 cm³/mol. The van der Waals surface area contributed by atoms with Crippen molar-refractivity contribution in [2.45, 2.75) is 36.1 Å². The SMILES string of the molecule is Cc1ccccc1COc1ccccc1C1c2sc(=O)[nH]c2SC2C1[C@H]1C[C@@H]2C2C(=O)N(c3ccc(Br)cc3)C(=O)C21. The molecule has 2 aliphatic heterocycles. The van der Waals surface area contributed by atoms with E-state index < -0.39 is 0 Å². The molecule has 5 unspecified atom stereocenters. The molecule has 0 spiro atoms. The normalized spacial score (nSPS) is 29.0. The molecule has 0 radical (unpaired) electrons. The monoisotopic (exact) mass is 658 g/mol. The van der Waals surface area contributed by atoms with Crippen LogP contribution in [0.2, 0.25) is 0 Å². The summed E-state index contributed by atoms with van der Waals surface area (Å²) < 4.78 is 7.40. The lowest BCUT2D eigenvalue weighted by Gasteiger charge is -2.43. The van der Waals surface area contributed by atoms with Gasteiger partial charge >= 0.3 is 4.87 Å². The van der Waals surface area contributed by atoms with Crippen LogP contribution >= 0.6 is 39.0 Å². The number of hydrogen-bond acceptors (Lipinski definition) is 6. The van der Waals surface area contributed by atoms with Crippen molar-refractivity contribution in [1.29, 1.82) is 0 Å². The molecule has 4 aliphatic rings. The molecule has 9 heteroatoms.